The number of nitrogens with zero attached hydrogens (tertiary/aromatic N) is 2. The second kappa shape index (κ2) is 5.98. The van der Waals surface area contributed by atoms with Crippen LogP contribution in [0, 0.1) is 5.82 Å². The Hall–Kier alpha value is -2.15. The molecule has 1 amide bonds. The molecule has 1 N–H and O–H groups in total. The van der Waals surface area contributed by atoms with Crippen LogP contribution in [0.2, 0.25) is 0 Å². The summed E-state index contributed by atoms with van der Waals surface area (Å²) in [6.07, 6.45) is 4.27. The smallest absolute Gasteiger partial charge is 0.274 e. The highest BCUT2D eigenvalue weighted by molar-refractivity contribution is 9.10. The minimum Gasteiger partial charge on any atom is -0.348 e. The van der Waals surface area contributed by atoms with Gasteiger partial charge >= 0.3 is 0 Å². The molecular weight excluding hydrogens is 389 g/mol. The molecule has 0 atom stereocenters. The highest BCUT2D eigenvalue weighted by atomic mass is 79.9. The van der Waals surface area contributed by atoms with E-state index in [0.29, 0.717) is 34.6 Å². The standard InChI is InChI=1S/C18H17BrFN3O2/c1-22-9-13-12(6-7-23(17(13)24)11-3-4-11)16(18(22)25)21-15-5-2-10(19)8-14(15)20/h2,5,8-9,11,21H,3-4,6-7H2,1H3. The first-order valence-corrected chi connectivity index (χ1v) is 9.00. The van der Waals surface area contributed by atoms with Crippen molar-refractivity contribution >= 4 is 33.2 Å². The van der Waals surface area contributed by atoms with Gasteiger partial charge in [0.25, 0.3) is 11.5 Å². The molecule has 0 spiro atoms. The molecule has 1 aliphatic carbocycles. The largest absolute Gasteiger partial charge is 0.348 e. The number of benzene rings is 1. The van der Waals surface area contributed by atoms with Gasteiger partial charge in [0.2, 0.25) is 0 Å². The van der Waals surface area contributed by atoms with Crippen LogP contribution in [0.15, 0.2) is 33.7 Å². The second-order valence-electron chi connectivity index (χ2n) is 6.54. The van der Waals surface area contributed by atoms with Gasteiger partial charge in [-0.1, -0.05) is 15.9 Å². The van der Waals surface area contributed by atoms with E-state index < -0.39 is 5.82 Å². The minimum atomic E-state index is -0.462. The topological polar surface area (TPSA) is 54.3 Å². The van der Waals surface area contributed by atoms with Gasteiger partial charge in [-0.2, -0.15) is 0 Å². The Morgan fingerprint density at radius 3 is 2.72 bits per heavy atom. The van der Waals surface area contributed by atoms with Crippen LogP contribution in [0.5, 0.6) is 0 Å². The highest BCUT2D eigenvalue weighted by Gasteiger charge is 2.37. The van der Waals surface area contributed by atoms with Crippen LogP contribution >= 0.6 is 15.9 Å². The number of fused-ring (bicyclic) bond motifs is 1. The molecule has 1 aromatic heterocycles. The summed E-state index contributed by atoms with van der Waals surface area (Å²) < 4.78 is 16.2. The monoisotopic (exact) mass is 405 g/mol. The predicted octanol–water partition coefficient (Wildman–Crippen LogP) is 3.19. The summed E-state index contributed by atoms with van der Waals surface area (Å²) in [6, 6.07) is 4.94. The molecule has 1 fully saturated rings. The van der Waals surface area contributed by atoms with E-state index in [0.717, 1.165) is 12.8 Å². The number of halogens is 2. The molecule has 0 radical (unpaired) electrons. The molecule has 1 saturated carbocycles. The van der Waals surface area contributed by atoms with Crippen molar-refractivity contribution < 1.29 is 9.18 Å². The summed E-state index contributed by atoms with van der Waals surface area (Å²) in [5.74, 6) is -0.505. The Morgan fingerprint density at radius 1 is 1.28 bits per heavy atom. The van der Waals surface area contributed by atoms with Crippen molar-refractivity contribution in [3.05, 3.63) is 56.2 Å². The average Bonchev–Trinajstić information content (AvgIpc) is 3.39. The second-order valence-corrected chi connectivity index (χ2v) is 7.46. The van der Waals surface area contributed by atoms with Crippen LogP contribution in [0.3, 0.4) is 0 Å². The Labute approximate surface area is 152 Å². The van der Waals surface area contributed by atoms with Crippen LogP contribution in [-0.4, -0.2) is 28.0 Å². The number of carbonyl (C=O) groups is 1. The van der Waals surface area contributed by atoms with E-state index in [-0.39, 0.29) is 22.8 Å². The lowest BCUT2D eigenvalue weighted by atomic mass is 9.98. The van der Waals surface area contributed by atoms with Crippen LogP contribution in [-0.2, 0) is 13.5 Å². The summed E-state index contributed by atoms with van der Waals surface area (Å²) in [5, 5.41) is 2.92. The number of pyridine rings is 1. The van der Waals surface area contributed by atoms with Crippen molar-refractivity contribution in [1.29, 1.82) is 0 Å². The maximum atomic E-state index is 14.2. The lowest BCUT2D eigenvalue weighted by Gasteiger charge is -2.30. The van der Waals surface area contributed by atoms with Crippen LogP contribution in [0.25, 0.3) is 0 Å². The summed E-state index contributed by atoms with van der Waals surface area (Å²) in [7, 11) is 1.61. The third-order valence-electron chi connectivity index (χ3n) is 4.76. The lowest BCUT2D eigenvalue weighted by molar-refractivity contribution is 0.0726. The maximum absolute atomic E-state index is 14.2. The molecule has 2 heterocycles. The molecule has 7 heteroatoms. The van der Waals surface area contributed by atoms with Gasteiger partial charge in [0.15, 0.2) is 0 Å². The van der Waals surface area contributed by atoms with E-state index in [9.17, 15) is 14.0 Å². The van der Waals surface area contributed by atoms with Crippen molar-refractivity contribution in [2.24, 2.45) is 7.05 Å². The van der Waals surface area contributed by atoms with Crippen molar-refractivity contribution in [2.75, 3.05) is 11.9 Å². The van der Waals surface area contributed by atoms with Crippen molar-refractivity contribution in [2.45, 2.75) is 25.3 Å². The van der Waals surface area contributed by atoms with E-state index in [2.05, 4.69) is 21.2 Å². The molecule has 0 bridgehead atoms. The summed E-state index contributed by atoms with van der Waals surface area (Å²) in [4.78, 5) is 27.3. The summed E-state index contributed by atoms with van der Waals surface area (Å²) >= 11 is 3.22. The fourth-order valence-electron chi connectivity index (χ4n) is 3.29. The van der Waals surface area contributed by atoms with E-state index in [4.69, 9.17) is 0 Å². The first kappa shape index (κ1) is 16.3. The number of rotatable bonds is 3. The molecular formula is C18H17BrFN3O2. The Bertz CT molecular complexity index is 937. The van der Waals surface area contributed by atoms with E-state index in [1.165, 1.54) is 10.6 Å². The number of carbonyl (C=O) groups excluding carboxylic acids is 1. The molecule has 130 valence electrons. The molecule has 4 rings (SSSR count). The van der Waals surface area contributed by atoms with Crippen LogP contribution in [0.1, 0.15) is 28.8 Å². The fourth-order valence-corrected chi connectivity index (χ4v) is 3.62. The van der Waals surface area contributed by atoms with Crippen LogP contribution in [0.4, 0.5) is 15.8 Å². The van der Waals surface area contributed by atoms with Gasteiger partial charge in [-0.25, -0.2) is 4.39 Å². The van der Waals surface area contributed by atoms with Gasteiger partial charge in [-0.15, -0.1) is 0 Å². The lowest BCUT2D eigenvalue weighted by Crippen LogP contribution is -2.41. The number of hydrogen-bond donors (Lipinski definition) is 1. The van der Waals surface area contributed by atoms with Crippen LogP contribution < -0.4 is 10.9 Å². The molecule has 5 nitrogen and oxygen atoms in total. The highest BCUT2D eigenvalue weighted by Crippen LogP contribution is 2.33. The first-order chi connectivity index (χ1) is 12.0. The number of aromatic nitrogens is 1. The van der Waals surface area contributed by atoms with E-state index in [1.54, 1.807) is 25.4 Å². The first-order valence-electron chi connectivity index (χ1n) is 8.21. The molecule has 2 aliphatic rings. The maximum Gasteiger partial charge on any atom is 0.274 e. The van der Waals surface area contributed by atoms with E-state index in [1.807, 2.05) is 4.90 Å². The molecule has 25 heavy (non-hydrogen) atoms. The quantitative estimate of drug-likeness (QED) is 0.852. The molecule has 2 aromatic rings. The summed E-state index contributed by atoms with van der Waals surface area (Å²) in [5.41, 5.74) is 1.43. The Balaban J connectivity index is 1.79. The molecule has 0 saturated heterocycles. The number of aryl methyl sites for hydroxylation is 1. The van der Waals surface area contributed by atoms with Gasteiger partial charge in [0, 0.05) is 30.3 Å². The van der Waals surface area contributed by atoms with Gasteiger partial charge in [-0.3, -0.25) is 9.59 Å². The Kier molecular flexibility index (Phi) is 3.91. The number of amides is 1. The summed E-state index contributed by atoms with van der Waals surface area (Å²) in [6.45, 7) is 0.598. The Morgan fingerprint density at radius 2 is 2.04 bits per heavy atom. The zero-order chi connectivity index (χ0) is 17.7. The van der Waals surface area contributed by atoms with Crippen molar-refractivity contribution in [3.63, 3.8) is 0 Å². The molecule has 1 aliphatic heterocycles. The number of anilines is 2. The van der Waals surface area contributed by atoms with Crippen molar-refractivity contribution in [3.8, 4) is 0 Å². The van der Waals surface area contributed by atoms with Gasteiger partial charge in [0.1, 0.15) is 11.5 Å². The average molecular weight is 406 g/mol. The molecule has 1 aromatic carbocycles. The fraction of sp³-hybridized carbons (Fsp3) is 0.333. The third kappa shape index (κ3) is 2.86. The minimum absolute atomic E-state index is 0.0429. The van der Waals surface area contributed by atoms with Gasteiger partial charge in [-0.05, 0) is 43.0 Å². The van der Waals surface area contributed by atoms with Gasteiger partial charge < -0.3 is 14.8 Å². The third-order valence-corrected chi connectivity index (χ3v) is 5.25. The number of nitrogens with one attached hydrogen (secondary N) is 1. The van der Waals surface area contributed by atoms with Gasteiger partial charge in [0.05, 0.1) is 11.3 Å². The normalized spacial score (nSPS) is 16.8. The predicted molar refractivity (Wildman–Crippen MR) is 96.8 cm³/mol. The van der Waals surface area contributed by atoms with E-state index >= 15 is 0 Å². The zero-order valence-electron chi connectivity index (χ0n) is 13.7. The zero-order valence-corrected chi connectivity index (χ0v) is 15.3. The molecule has 0 unspecified atom stereocenters. The number of hydrogen-bond acceptors (Lipinski definition) is 3. The SMILES string of the molecule is Cn1cc2c(c(Nc3ccc(Br)cc3F)c1=O)CCN(C1CC1)C2=O. The van der Waals surface area contributed by atoms with Crippen molar-refractivity contribution in [1.82, 2.24) is 9.47 Å².